The number of aromatic nitrogens is 3. The number of hydrogen-bond acceptors (Lipinski definition) is 2. The van der Waals surface area contributed by atoms with Gasteiger partial charge in [0.2, 0.25) is 0 Å². The van der Waals surface area contributed by atoms with Gasteiger partial charge in [-0.15, -0.1) is 0 Å². The zero-order valence-corrected chi connectivity index (χ0v) is 10.4. The predicted molar refractivity (Wildman–Crippen MR) is 76.1 cm³/mol. The lowest BCUT2D eigenvalue weighted by atomic mass is 10.1. The highest BCUT2D eigenvalue weighted by Crippen LogP contribution is 2.33. The lowest BCUT2D eigenvalue weighted by molar-refractivity contribution is 1.14. The highest BCUT2D eigenvalue weighted by Gasteiger charge is 2.26. The third-order valence-corrected chi connectivity index (χ3v) is 3.61. The van der Waals surface area contributed by atoms with Crippen molar-refractivity contribution in [3.8, 4) is 0 Å². The van der Waals surface area contributed by atoms with E-state index in [9.17, 15) is 0 Å². The molecular weight excluding hydrogens is 236 g/mol. The van der Waals surface area contributed by atoms with Crippen LogP contribution in [0.25, 0.3) is 22.2 Å². The fourth-order valence-electron chi connectivity index (χ4n) is 2.67. The molecular formula is C15H12N4. The number of benzene rings is 1. The van der Waals surface area contributed by atoms with Crippen molar-refractivity contribution in [3.63, 3.8) is 0 Å². The van der Waals surface area contributed by atoms with Crippen LogP contribution in [-0.2, 0) is 0 Å². The van der Waals surface area contributed by atoms with Crippen molar-refractivity contribution in [2.24, 2.45) is 0 Å². The van der Waals surface area contributed by atoms with E-state index in [1.54, 1.807) is 0 Å². The molecule has 3 aromatic rings. The zero-order chi connectivity index (χ0) is 13.0. The summed E-state index contributed by atoms with van der Waals surface area (Å²) >= 11 is 0. The van der Waals surface area contributed by atoms with Gasteiger partial charge in [0, 0.05) is 6.20 Å². The summed E-state index contributed by atoms with van der Waals surface area (Å²) in [5, 5.41) is 8.29. The Morgan fingerprint density at radius 3 is 2.79 bits per heavy atom. The van der Waals surface area contributed by atoms with E-state index < -0.39 is 0 Å². The van der Waals surface area contributed by atoms with Gasteiger partial charge in [0.05, 0.1) is 22.3 Å². The van der Waals surface area contributed by atoms with Crippen molar-refractivity contribution < 1.29 is 0 Å². The van der Waals surface area contributed by atoms with Crippen LogP contribution in [0.3, 0.4) is 0 Å². The van der Waals surface area contributed by atoms with Crippen LogP contribution in [0, 0.1) is 5.41 Å². The molecule has 3 heterocycles. The van der Waals surface area contributed by atoms with E-state index >= 15 is 0 Å². The van der Waals surface area contributed by atoms with Crippen molar-refractivity contribution in [1.82, 2.24) is 14.5 Å². The lowest BCUT2D eigenvalue weighted by Crippen LogP contribution is -2.07. The number of nitrogens with zero attached hydrogens (tertiary/aromatic N) is 2. The largest absolute Gasteiger partial charge is 0.338 e. The van der Waals surface area contributed by atoms with Crippen molar-refractivity contribution in [2.45, 2.75) is 6.92 Å². The summed E-state index contributed by atoms with van der Waals surface area (Å²) < 4.78 is 1.89. The summed E-state index contributed by atoms with van der Waals surface area (Å²) in [7, 11) is 0. The summed E-state index contributed by atoms with van der Waals surface area (Å²) in [4.78, 5) is 7.89. The van der Waals surface area contributed by atoms with Gasteiger partial charge >= 0.3 is 0 Å². The molecule has 0 atom stereocenters. The first-order valence-electron chi connectivity index (χ1n) is 6.19. The Hall–Kier alpha value is -2.62. The van der Waals surface area contributed by atoms with Crippen molar-refractivity contribution >= 4 is 28.0 Å². The number of fused-ring (bicyclic) bond motifs is 2. The van der Waals surface area contributed by atoms with Gasteiger partial charge in [-0.05, 0) is 36.8 Å². The fraction of sp³-hybridized carbons (Fsp3) is 0.0667. The maximum atomic E-state index is 8.29. The van der Waals surface area contributed by atoms with Crippen LogP contribution in [0.2, 0.25) is 0 Å². The van der Waals surface area contributed by atoms with Gasteiger partial charge < -0.3 is 9.55 Å². The third kappa shape index (κ3) is 1.28. The molecule has 0 aliphatic carbocycles. The van der Waals surface area contributed by atoms with E-state index in [0.717, 1.165) is 33.7 Å². The number of imidazole rings is 1. The van der Waals surface area contributed by atoms with Crippen LogP contribution in [-0.4, -0.2) is 20.4 Å². The van der Waals surface area contributed by atoms with Crippen LogP contribution < -0.4 is 0 Å². The average molecular weight is 248 g/mol. The first-order chi connectivity index (χ1) is 9.25. The molecule has 2 N–H and O–H groups in total. The fourth-order valence-corrected chi connectivity index (χ4v) is 2.67. The molecule has 4 heteroatoms. The maximum Gasteiger partial charge on any atom is 0.142 e. The van der Waals surface area contributed by atoms with Crippen LogP contribution in [0.5, 0.6) is 0 Å². The molecule has 1 aliphatic rings. The number of nitrogens with one attached hydrogen (secondary N) is 2. The van der Waals surface area contributed by atoms with E-state index in [4.69, 9.17) is 5.41 Å². The normalized spacial score (nSPS) is 14.5. The molecule has 4 rings (SSSR count). The van der Waals surface area contributed by atoms with Gasteiger partial charge in [-0.3, -0.25) is 5.41 Å². The zero-order valence-electron chi connectivity index (χ0n) is 10.4. The van der Waals surface area contributed by atoms with E-state index in [-0.39, 0.29) is 0 Å². The summed E-state index contributed by atoms with van der Waals surface area (Å²) in [6.07, 6.45) is 1.91. The Morgan fingerprint density at radius 2 is 2.00 bits per heavy atom. The highest BCUT2D eigenvalue weighted by molar-refractivity contribution is 6.31. The van der Waals surface area contributed by atoms with E-state index in [1.807, 2.05) is 54.1 Å². The van der Waals surface area contributed by atoms with Gasteiger partial charge in [0.25, 0.3) is 0 Å². The smallest absolute Gasteiger partial charge is 0.142 e. The molecule has 4 nitrogen and oxygen atoms in total. The monoisotopic (exact) mass is 248 g/mol. The minimum Gasteiger partial charge on any atom is -0.338 e. The molecule has 0 radical (unpaired) electrons. The van der Waals surface area contributed by atoms with Crippen molar-refractivity contribution in [1.29, 1.82) is 5.41 Å². The molecule has 0 saturated carbocycles. The van der Waals surface area contributed by atoms with Crippen molar-refractivity contribution in [2.75, 3.05) is 0 Å². The second kappa shape index (κ2) is 3.45. The SMILES string of the molecule is CC1=C(c2nc3ccccc3[nH]2)C(=N)n2cccc21. The minimum absolute atomic E-state index is 0.483. The first kappa shape index (κ1) is 10.3. The number of para-hydroxylation sites is 2. The van der Waals surface area contributed by atoms with Gasteiger partial charge in [-0.25, -0.2) is 4.98 Å². The topological polar surface area (TPSA) is 57.5 Å². The molecule has 92 valence electrons. The number of allylic oxidation sites excluding steroid dienone is 2. The van der Waals surface area contributed by atoms with Crippen molar-refractivity contribution in [3.05, 3.63) is 54.1 Å². The summed E-state index contributed by atoms with van der Waals surface area (Å²) in [6.45, 7) is 2.04. The quantitative estimate of drug-likeness (QED) is 0.683. The van der Waals surface area contributed by atoms with E-state index in [0.29, 0.717) is 5.84 Å². The Kier molecular flexibility index (Phi) is 1.87. The molecule has 0 fully saturated rings. The number of H-pyrrole nitrogens is 1. The van der Waals surface area contributed by atoms with Gasteiger partial charge in [-0.2, -0.15) is 0 Å². The maximum absolute atomic E-state index is 8.29. The lowest BCUT2D eigenvalue weighted by Gasteiger charge is -2.01. The predicted octanol–water partition coefficient (Wildman–Crippen LogP) is 3.13. The van der Waals surface area contributed by atoms with Gasteiger partial charge in [0.15, 0.2) is 0 Å². The Bertz CT molecular complexity index is 815. The Labute approximate surface area is 109 Å². The standard InChI is InChI=1S/C15H12N4/c1-9-12-7-4-8-19(12)14(16)13(9)15-17-10-5-2-3-6-11(10)18-15/h2-8,16H,1H3,(H,17,18). The summed E-state index contributed by atoms with van der Waals surface area (Å²) in [6, 6.07) is 11.9. The molecule has 2 aromatic heterocycles. The number of hydrogen-bond donors (Lipinski definition) is 2. The van der Waals surface area contributed by atoms with E-state index in [1.165, 1.54) is 0 Å². The van der Waals surface area contributed by atoms with Gasteiger partial charge in [-0.1, -0.05) is 12.1 Å². The number of rotatable bonds is 1. The highest BCUT2D eigenvalue weighted by atomic mass is 15.1. The molecule has 0 bridgehead atoms. The third-order valence-electron chi connectivity index (χ3n) is 3.61. The molecule has 0 unspecified atom stereocenters. The second-order valence-electron chi connectivity index (χ2n) is 4.71. The molecule has 0 saturated heterocycles. The first-order valence-corrected chi connectivity index (χ1v) is 6.19. The molecule has 19 heavy (non-hydrogen) atoms. The van der Waals surface area contributed by atoms with E-state index in [2.05, 4.69) is 9.97 Å². The average Bonchev–Trinajstić information content (AvgIpc) is 3.08. The van der Waals surface area contributed by atoms with Crippen LogP contribution in [0.4, 0.5) is 0 Å². The van der Waals surface area contributed by atoms with Crippen LogP contribution in [0.1, 0.15) is 18.4 Å². The molecule has 1 aliphatic heterocycles. The molecule has 0 spiro atoms. The van der Waals surface area contributed by atoms with Crippen LogP contribution >= 0.6 is 0 Å². The Morgan fingerprint density at radius 1 is 1.16 bits per heavy atom. The van der Waals surface area contributed by atoms with Gasteiger partial charge in [0.1, 0.15) is 11.7 Å². The second-order valence-corrected chi connectivity index (χ2v) is 4.71. The van der Waals surface area contributed by atoms with Crippen LogP contribution in [0.15, 0.2) is 42.6 Å². The molecule has 1 aromatic carbocycles. The Balaban J connectivity index is 1.96. The summed E-state index contributed by atoms with van der Waals surface area (Å²) in [5.74, 6) is 1.25. The molecule has 0 amide bonds. The number of aromatic amines is 1. The summed E-state index contributed by atoms with van der Waals surface area (Å²) in [5.41, 5.74) is 4.98. The minimum atomic E-state index is 0.483.